The number of nitrogens with one attached hydrogen (secondary N) is 1. The summed E-state index contributed by atoms with van der Waals surface area (Å²) in [6, 6.07) is 3.88. The van der Waals surface area contributed by atoms with Gasteiger partial charge in [0.15, 0.2) is 0 Å². The van der Waals surface area contributed by atoms with Crippen molar-refractivity contribution in [3.63, 3.8) is 0 Å². The molecule has 0 spiro atoms. The largest absolute Gasteiger partial charge is 0.372 e. The molecule has 0 aliphatic carbocycles. The van der Waals surface area contributed by atoms with E-state index in [1.165, 1.54) is 12.1 Å². The molecule has 0 saturated carbocycles. The van der Waals surface area contributed by atoms with E-state index in [1.54, 1.807) is 0 Å². The van der Waals surface area contributed by atoms with Gasteiger partial charge in [0, 0.05) is 11.6 Å². The van der Waals surface area contributed by atoms with Crippen molar-refractivity contribution in [2.24, 2.45) is 0 Å². The zero-order valence-corrected chi connectivity index (χ0v) is 11.3. The van der Waals surface area contributed by atoms with Gasteiger partial charge in [-0.15, -0.1) is 0 Å². The second kappa shape index (κ2) is 6.96. The van der Waals surface area contributed by atoms with Crippen molar-refractivity contribution >= 4 is 0 Å². The lowest BCUT2D eigenvalue weighted by Crippen LogP contribution is -2.38. The minimum absolute atomic E-state index is 0.320. The van der Waals surface area contributed by atoms with Gasteiger partial charge >= 0.3 is 0 Å². The van der Waals surface area contributed by atoms with Gasteiger partial charge in [0.2, 0.25) is 0 Å². The first kappa shape index (κ1) is 14.4. The highest BCUT2D eigenvalue weighted by molar-refractivity contribution is 5.21. The number of benzene rings is 1. The lowest BCUT2D eigenvalue weighted by molar-refractivity contribution is -0.00595. The van der Waals surface area contributed by atoms with Crippen LogP contribution in [0.1, 0.15) is 44.3 Å². The Hall–Kier alpha value is -1.00. The van der Waals surface area contributed by atoms with E-state index in [1.807, 2.05) is 0 Å². The Labute approximate surface area is 113 Å². The van der Waals surface area contributed by atoms with E-state index in [9.17, 15) is 8.78 Å². The molecule has 1 unspecified atom stereocenters. The Bertz CT molecular complexity index is 403. The maximum Gasteiger partial charge on any atom is 0.129 e. The zero-order valence-electron chi connectivity index (χ0n) is 11.3. The Kier molecular flexibility index (Phi) is 5.28. The molecule has 0 radical (unpaired) electrons. The monoisotopic (exact) mass is 269 g/mol. The molecule has 1 aromatic rings. The van der Waals surface area contributed by atoms with Gasteiger partial charge in [0.1, 0.15) is 11.6 Å². The van der Waals surface area contributed by atoms with Gasteiger partial charge in [-0.25, -0.2) is 8.78 Å². The molecule has 1 saturated heterocycles. The van der Waals surface area contributed by atoms with Crippen LogP contribution in [0.25, 0.3) is 0 Å². The van der Waals surface area contributed by atoms with Gasteiger partial charge in [-0.05, 0) is 44.0 Å². The average molecular weight is 269 g/mol. The quantitative estimate of drug-likeness (QED) is 0.825. The summed E-state index contributed by atoms with van der Waals surface area (Å²) >= 11 is 0. The molecule has 1 aliphatic heterocycles. The van der Waals surface area contributed by atoms with E-state index in [0.717, 1.165) is 38.3 Å². The molecular formula is C15H21F2NO. The molecule has 19 heavy (non-hydrogen) atoms. The van der Waals surface area contributed by atoms with E-state index in [4.69, 9.17) is 4.74 Å². The van der Waals surface area contributed by atoms with Gasteiger partial charge in [-0.3, -0.25) is 0 Å². The highest BCUT2D eigenvalue weighted by Crippen LogP contribution is 2.30. The summed E-state index contributed by atoms with van der Waals surface area (Å²) in [7, 11) is 0. The lowest BCUT2D eigenvalue weighted by Gasteiger charge is -2.30. The van der Waals surface area contributed by atoms with Crippen LogP contribution in [0.15, 0.2) is 18.2 Å². The standard InChI is InChI=1S/C15H21F2NO/c1-2-3-8-18-12-5-7-15(19-10-12)13-9-11(16)4-6-14(13)17/h4,6,9,12,15,18H,2-3,5,7-8,10H2,1H3/t12?,15-/m0/s1. The molecule has 0 amide bonds. The van der Waals surface area contributed by atoms with Crippen LogP contribution < -0.4 is 5.32 Å². The Morgan fingerprint density at radius 2 is 2.16 bits per heavy atom. The van der Waals surface area contributed by atoms with Crippen LogP contribution in [0.2, 0.25) is 0 Å². The highest BCUT2D eigenvalue weighted by Gasteiger charge is 2.24. The van der Waals surface area contributed by atoms with Crippen molar-refractivity contribution in [3.05, 3.63) is 35.4 Å². The van der Waals surface area contributed by atoms with Crippen LogP contribution in [0.4, 0.5) is 8.78 Å². The second-order valence-electron chi connectivity index (χ2n) is 5.07. The highest BCUT2D eigenvalue weighted by atomic mass is 19.1. The van der Waals surface area contributed by atoms with Crippen LogP contribution in [0.3, 0.4) is 0 Å². The van der Waals surface area contributed by atoms with Gasteiger partial charge in [0.25, 0.3) is 0 Å². The molecule has 1 fully saturated rings. The van der Waals surface area contributed by atoms with E-state index in [-0.39, 0.29) is 11.9 Å². The zero-order chi connectivity index (χ0) is 13.7. The van der Waals surface area contributed by atoms with E-state index < -0.39 is 5.82 Å². The normalized spacial score (nSPS) is 23.5. The molecule has 2 nitrogen and oxygen atoms in total. The fourth-order valence-corrected chi connectivity index (χ4v) is 2.40. The van der Waals surface area contributed by atoms with Crippen LogP contribution in [0.5, 0.6) is 0 Å². The first-order valence-corrected chi connectivity index (χ1v) is 7.00. The van der Waals surface area contributed by atoms with Crippen molar-refractivity contribution in [1.29, 1.82) is 0 Å². The second-order valence-corrected chi connectivity index (χ2v) is 5.07. The third kappa shape index (κ3) is 3.98. The molecule has 106 valence electrons. The molecule has 0 aromatic heterocycles. The molecule has 4 heteroatoms. The third-order valence-electron chi connectivity index (χ3n) is 3.54. The van der Waals surface area contributed by atoms with Crippen LogP contribution >= 0.6 is 0 Å². The Morgan fingerprint density at radius 3 is 2.84 bits per heavy atom. The number of unbranched alkanes of at least 4 members (excludes halogenated alkanes) is 1. The van der Waals surface area contributed by atoms with Crippen LogP contribution in [0, 0.1) is 11.6 Å². The molecule has 1 N–H and O–H groups in total. The molecule has 0 bridgehead atoms. The smallest absolute Gasteiger partial charge is 0.129 e. The predicted molar refractivity (Wildman–Crippen MR) is 71.0 cm³/mol. The van der Waals surface area contributed by atoms with Gasteiger partial charge < -0.3 is 10.1 Å². The minimum Gasteiger partial charge on any atom is -0.372 e. The molecule has 1 heterocycles. The van der Waals surface area contributed by atoms with Crippen LogP contribution in [-0.2, 0) is 4.74 Å². The fraction of sp³-hybridized carbons (Fsp3) is 0.600. The number of hydrogen-bond acceptors (Lipinski definition) is 2. The Morgan fingerprint density at radius 1 is 1.32 bits per heavy atom. The van der Waals surface area contributed by atoms with Crippen molar-refractivity contribution in [1.82, 2.24) is 5.32 Å². The first-order chi connectivity index (χ1) is 9.20. The molecule has 2 rings (SSSR count). The first-order valence-electron chi connectivity index (χ1n) is 7.00. The summed E-state index contributed by atoms with van der Waals surface area (Å²) in [5.74, 6) is -0.799. The van der Waals surface area contributed by atoms with Crippen LogP contribution in [-0.4, -0.2) is 19.2 Å². The molecule has 1 aromatic carbocycles. The van der Waals surface area contributed by atoms with E-state index in [0.29, 0.717) is 18.2 Å². The maximum absolute atomic E-state index is 13.6. The number of rotatable bonds is 5. The van der Waals surface area contributed by atoms with Crippen molar-refractivity contribution in [3.8, 4) is 0 Å². The van der Waals surface area contributed by atoms with Gasteiger partial charge in [-0.2, -0.15) is 0 Å². The van der Waals surface area contributed by atoms with Gasteiger partial charge in [-0.1, -0.05) is 13.3 Å². The summed E-state index contributed by atoms with van der Waals surface area (Å²) in [4.78, 5) is 0. The van der Waals surface area contributed by atoms with E-state index in [2.05, 4.69) is 12.2 Å². The summed E-state index contributed by atoms with van der Waals surface area (Å²) in [5.41, 5.74) is 0.340. The molecular weight excluding hydrogens is 248 g/mol. The lowest BCUT2D eigenvalue weighted by atomic mass is 9.98. The Balaban J connectivity index is 1.87. The van der Waals surface area contributed by atoms with E-state index >= 15 is 0 Å². The third-order valence-corrected chi connectivity index (χ3v) is 3.54. The topological polar surface area (TPSA) is 21.3 Å². The fourth-order valence-electron chi connectivity index (χ4n) is 2.40. The summed E-state index contributed by atoms with van der Waals surface area (Å²) in [5, 5.41) is 3.43. The summed E-state index contributed by atoms with van der Waals surface area (Å²) < 4.78 is 32.5. The summed E-state index contributed by atoms with van der Waals surface area (Å²) in [6.07, 6.45) is 3.66. The molecule has 1 aliphatic rings. The average Bonchev–Trinajstić information content (AvgIpc) is 2.43. The number of ether oxygens (including phenoxy) is 1. The van der Waals surface area contributed by atoms with Crippen molar-refractivity contribution in [2.75, 3.05) is 13.2 Å². The summed E-state index contributed by atoms with van der Waals surface area (Å²) in [6.45, 7) is 3.70. The SMILES string of the molecule is CCCCNC1CC[C@@H](c2cc(F)ccc2F)OC1. The van der Waals surface area contributed by atoms with Crippen molar-refractivity contribution < 1.29 is 13.5 Å². The number of halogens is 2. The van der Waals surface area contributed by atoms with Gasteiger partial charge in [0.05, 0.1) is 12.7 Å². The maximum atomic E-state index is 13.6. The molecule has 2 atom stereocenters. The number of hydrogen-bond donors (Lipinski definition) is 1. The minimum atomic E-state index is -0.414. The predicted octanol–water partition coefficient (Wildman–Crippen LogP) is 3.57. The van der Waals surface area contributed by atoms with Crippen molar-refractivity contribution in [2.45, 2.75) is 44.8 Å².